The number of β-amino-alcohol motifs (C(OH)–C–C–N with tert-alkyl or cyclic N) is 1. The lowest BCUT2D eigenvalue weighted by Gasteiger charge is -2.33. The molecule has 0 radical (unpaired) electrons. The number of hydrogen-bond acceptors (Lipinski definition) is 4. The smallest absolute Gasteiger partial charge is 0.282 e. The van der Waals surface area contributed by atoms with Crippen molar-refractivity contribution >= 4 is 10.2 Å². The van der Waals surface area contributed by atoms with Gasteiger partial charge in [-0.05, 0) is 12.8 Å². The lowest BCUT2D eigenvalue weighted by molar-refractivity contribution is 0.132. The fraction of sp³-hybridized carbons (Fsp3) is 1.00. The Hall–Kier alpha value is -0.210. The molecule has 0 unspecified atom stereocenters. The molecule has 2 heterocycles. The second-order valence-electron chi connectivity index (χ2n) is 4.78. The molecule has 2 N–H and O–H groups in total. The van der Waals surface area contributed by atoms with E-state index in [1.807, 2.05) is 0 Å². The van der Waals surface area contributed by atoms with E-state index in [1.165, 1.54) is 8.61 Å². The molecule has 2 atom stereocenters. The number of rotatable bonds is 3. The van der Waals surface area contributed by atoms with Gasteiger partial charge in [0.15, 0.2) is 0 Å². The Morgan fingerprint density at radius 2 is 1.88 bits per heavy atom. The summed E-state index contributed by atoms with van der Waals surface area (Å²) in [5.74, 6) is 0. The van der Waals surface area contributed by atoms with Gasteiger partial charge in [0, 0.05) is 33.2 Å². The van der Waals surface area contributed by atoms with Gasteiger partial charge in [0.25, 0.3) is 10.2 Å². The van der Waals surface area contributed by atoms with Gasteiger partial charge in [-0.2, -0.15) is 17.0 Å². The Bertz CT molecular complexity index is 354. The van der Waals surface area contributed by atoms with Crippen molar-refractivity contribution < 1.29 is 13.5 Å². The van der Waals surface area contributed by atoms with Crippen molar-refractivity contribution in [1.82, 2.24) is 13.9 Å². The van der Waals surface area contributed by atoms with Crippen LogP contribution in [0, 0.1) is 0 Å². The zero-order chi connectivity index (χ0) is 12.5. The highest BCUT2D eigenvalue weighted by molar-refractivity contribution is 7.86. The lowest BCUT2D eigenvalue weighted by Crippen LogP contribution is -2.51. The van der Waals surface area contributed by atoms with Gasteiger partial charge in [0.2, 0.25) is 0 Å². The normalized spacial score (nSPS) is 32.2. The maximum Gasteiger partial charge on any atom is 0.282 e. The van der Waals surface area contributed by atoms with Crippen LogP contribution in [0.1, 0.15) is 19.3 Å². The van der Waals surface area contributed by atoms with Crippen LogP contribution in [0.15, 0.2) is 0 Å². The largest absolute Gasteiger partial charge is 0.390 e. The van der Waals surface area contributed by atoms with E-state index >= 15 is 0 Å². The molecule has 6 nitrogen and oxygen atoms in total. The number of likely N-dealkylation sites (N-methyl/N-ethyl adjacent to an activating group) is 1. The summed E-state index contributed by atoms with van der Waals surface area (Å²) < 4.78 is 27.5. The second-order valence-corrected chi connectivity index (χ2v) is 6.76. The average molecular weight is 263 g/mol. The number of aliphatic hydroxyl groups excluding tert-OH is 1. The van der Waals surface area contributed by atoms with E-state index in [9.17, 15) is 13.5 Å². The molecule has 0 saturated carbocycles. The Kier molecular flexibility index (Phi) is 4.04. The van der Waals surface area contributed by atoms with Crippen molar-refractivity contribution in [3.8, 4) is 0 Å². The third-order valence-electron chi connectivity index (χ3n) is 3.62. The fourth-order valence-electron chi connectivity index (χ4n) is 2.47. The van der Waals surface area contributed by atoms with Crippen LogP contribution in [-0.2, 0) is 10.2 Å². The Morgan fingerprint density at radius 3 is 2.41 bits per heavy atom. The Balaban J connectivity index is 2.08. The summed E-state index contributed by atoms with van der Waals surface area (Å²) in [4.78, 5) is 0. The van der Waals surface area contributed by atoms with Crippen LogP contribution in [-0.4, -0.2) is 67.5 Å². The summed E-state index contributed by atoms with van der Waals surface area (Å²) in [5, 5.41) is 12.7. The van der Waals surface area contributed by atoms with Crippen molar-refractivity contribution in [2.45, 2.75) is 31.4 Å². The summed E-state index contributed by atoms with van der Waals surface area (Å²) in [6.45, 7) is 2.18. The van der Waals surface area contributed by atoms with Crippen molar-refractivity contribution in [2.24, 2.45) is 0 Å². The molecule has 7 heteroatoms. The molecule has 100 valence electrons. The first-order valence-electron chi connectivity index (χ1n) is 6.15. The molecule has 2 fully saturated rings. The first-order chi connectivity index (χ1) is 8.03. The summed E-state index contributed by atoms with van der Waals surface area (Å²) in [7, 11) is -1.85. The number of piperidine rings is 1. The van der Waals surface area contributed by atoms with Gasteiger partial charge in [-0.15, -0.1) is 0 Å². The molecule has 0 aliphatic carbocycles. The van der Waals surface area contributed by atoms with Crippen molar-refractivity contribution in [3.63, 3.8) is 0 Å². The molecular formula is C10H21N3O3S. The number of nitrogens with zero attached hydrogens (tertiary/aromatic N) is 2. The number of aliphatic hydroxyl groups is 1. The molecule has 0 aromatic carbocycles. The summed E-state index contributed by atoms with van der Waals surface area (Å²) >= 11 is 0. The molecule has 2 saturated heterocycles. The van der Waals surface area contributed by atoms with Crippen LogP contribution in [0.3, 0.4) is 0 Å². The molecule has 0 spiro atoms. The quantitative estimate of drug-likeness (QED) is 0.684. The molecule has 17 heavy (non-hydrogen) atoms. The van der Waals surface area contributed by atoms with Gasteiger partial charge >= 0.3 is 0 Å². The van der Waals surface area contributed by atoms with Crippen LogP contribution in [0.5, 0.6) is 0 Å². The summed E-state index contributed by atoms with van der Waals surface area (Å²) in [6, 6.07) is -0.345. The third kappa shape index (κ3) is 2.63. The molecule has 0 aromatic heterocycles. The van der Waals surface area contributed by atoms with Gasteiger partial charge < -0.3 is 10.4 Å². The van der Waals surface area contributed by atoms with Gasteiger partial charge in [-0.3, -0.25) is 0 Å². The van der Waals surface area contributed by atoms with Crippen LogP contribution in [0.4, 0.5) is 0 Å². The van der Waals surface area contributed by atoms with Gasteiger partial charge in [0.05, 0.1) is 12.1 Å². The van der Waals surface area contributed by atoms with Crippen LogP contribution in [0.2, 0.25) is 0 Å². The molecule has 2 aliphatic heterocycles. The van der Waals surface area contributed by atoms with E-state index in [4.69, 9.17) is 0 Å². The minimum absolute atomic E-state index is 0.345. The molecular weight excluding hydrogens is 242 g/mol. The Labute approximate surface area is 103 Å². The van der Waals surface area contributed by atoms with Crippen LogP contribution in [0.25, 0.3) is 0 Å². The maximum absolute atomic E-state index is 12.3. The molecule has 2 rings (SSSR count). The first-order valence-corrected chi connectivity index (χ1v) is 7.55. The van der Waals surface area contributed by atoms with Gasteiger partial charge in [-0.25, -0.2) is 0 Å². The second kappa shape index (κ2) is 5.19. The molecule has 0 aromatic rings. The standard InChI is InChI=1S/C10H21N3O3S/c1-12(9-7-11-8-10(9)14)17(15,16)13-5-3-2-4-6-13/h9-11,14H,2-8H2,1H3/t9-,10-/m0/s1. The topological polar surface area (TPSA) is 72.9 Å². The highest BCUT2D eigenvalue weighted by Gasteiger charge is 2.38. The van der Waals surface area contributed by atoms with E-state index in [0.29, 0.717) is 26.2 Å². The number of hydrogen-bond donors (Lipinski definition) is 2. The number of nitrogens with one attached hydrogen (secondary N) is 1. The molecule has 0 bridgehead atoms. The third-order valence-corrected chi connectivity index (χ3v) is 5.64. The fourth-order valence-corrected chi connectivity index (χ4v) is 4.11. The summed E-state index contributed by atoms with van der Waals surface area (Å²) in [6.07, 6.45) is 2.35. The van der Waals surface area contributed by atoms with E-state index in [0.717, 1.165) is 19.3 Å². The molecule has 0 amide bonds. The van der Waals surface area contributed by atoms with E-state index in [-0.39, 0.29) is 6.04 Å². The predicted molar refractivity (Wildman–Crippen MR) is 64.8 cm³/mol. The predicted octanol–water partition coefficient (Wildman–Crippen LogP) is -1.02. The lowest BCUT2D eigenvalue weighted by atomic mass is 10.2. The first kappa shape index (κ1) is 13.2. The van der Waals surface area contributed by atoms with E-state index < -0.39 is 16.3 Å². The summed E-state index contributed by atoms with van der Waals surface area (Å²) in [5.41, 5.74) is 0. The highest BCUT2D eigenvalue weighted by Crippen LogP contribution is 2.19. The minimum Gasteiger partial charge on any atom is -0.390 e. The van der Waals surface area contributed by atoms with Crippen LogP contribution < -0.4 is 5.32 Å². The highest BCUT2D eigenvalue weighted by atomic mass is 32.2. The van der Waals surface area contributed by atoms with Crippen molar-refractivity contribution in [2.75, 3.05) is 33.2 Å². The van der Waals surface area contributed by atoms with E-state index in [2.05, 4.69) is 5.32 Å². The maximum atomic E-state index is 12.3. The van der Waals surface area contributed by atoms with Crippen molar-refractivity contribution in [1.29, 1.82) is 0 Å². The van der Waals surface area contributed by atoms with Gasteiger partial charge in [0.1, 0.15) is 0 Å². The zero-order valence-corrected chi connectivity index (χ0v) is 11.0. The van der Waals surface area contributed by atoms with E-state index in [1.54, 1.807) is 7.05 Å². The van der Waals surface area contributed by atoms with Crippen molar-refractivity contribution in [3.05, 3.63) is 0 Å². The zero-order valence-electron chi connectivity index (χ0n) is 10.2. The van der Waals surface area contributed by atoms with Gasteiger partial charge in [-0.1, -0.05) is 6.42 Å². The monoisotopic (exact) mass is 263 g/mol. The Morgan fingerprint density at radius 1 is 1.24 bits per heavy atom. The minimum atomic E-state index is -3.41. The molecule has 2 aliphatic rings. The van der Waals surface area contributed by atoms with Crippen LogP contribution >= 0.6 is 0 Å². The SMILES string of the molecule is CN([C@H]1CNC[C@@H]1O)S(=O)(=O)N1CCCCC1. The average Bonchev–Trinajstić information content (AvgIpc) is 2.75.